The number of aryl methyl sites for hydroxylation is 2. The highest BCUT2D eigenvalue weighted by Gasteiger charge is 2.11. The van der Waals surface area contributed by atoms with Gasteiger partial charge in [0.15, 0.2) is 6.61 Å². The Balaban J connectivity index is 2.15. The summed E-state index contributed by atoms with van der Waals surface area (Å²) in [6.07, 6.45) is 0. The molecule has 6 nitrogen and oxygen atoms in total. The van der Waals surface area contributed by atoms with Crippen LogP contribution in [0.25, 0.3) is 0 Å². The minimum atomic E-state index is 0.227. The lowest BCUT2D eigenvalue weighted by Gasteiger charge is -2.16. The summed E-state index contributed by atoms with van der Waals surface area (Å²) >= 11 is 0. The third-order valence-corrected chi connectivity index (χ3v) is 2.97. The Morgan fingerprint density at radius 1 is 1.42 bits per heavy atom. The van der Waals surface area contributed by atoms with E-state index in [0.29, 0.717) is 12.4 Å². The van der Waals surface area contributed by atoms with Gasteiger partial charge in [0.05, 0.1) is 7.05 Å². The number of benzene rings is 1. The topological polar surface area (TPSA) is 64.9 Å². The van der Waals surface area contributed by atoms with Crippen molar-refractivity contribution in [1.82, 2.24) is 25.5 Å². The van der Waals surface area contributed by atoms with Crippen molar-refractivity contribution in [3.05, 3.63) is 35.2 Å². The highest BCUT2D eigenvalue weighted by molar-refractivity contribution is 5.38. The van der Waals surface area contributed by atoms with E-state index in [0.717, 1.165) is 11.3 Å². The molecule has 0 amide bonds. The highest BCUT2D eigenvalue weighted by Crippen LogP contribution is 2.26. The van der Waals surface area contributed by atoms with Crippen molar-refractivity contribution in [2.45, 2.75) is 26.5 Å². The standard InChI is InChI=1S/C13H19N5O/c1-9-5-6-12(11(7-9)10(2)14-3)19-8-13-15-17-18(4)16-13/h5-7,10,14H,8H2,1-4H3. The van der Waals surface area contributed by atoms with Crippen molar-refractivity contribution in [2.75, 3.05) is 7.05 Å². The molecule has 1 aromatic carbocycles. The first-order chi connectivity index (χ1) is 9.10. The van der Waals surface area contributed by atoms with Crippen molar-refractivity contribution in [2.24, 2.45) is 7.05 Å². The number of nitrogens with one attached hydrogen (secondary N) is 1. The normalized spacial score (nSPS) is 12.4. The lowest BCUT2D eigenvalue weighted by atomic mass is 10.0. The van der Waals surface area contributed by atoms with Crippen LogP contribution >= 0.6 is 0 Å². The van der Waals surface area contributed by atoms with Gasteiger partial charge in [-0.3, -0.25) is 0 Å². The molecule has 102 valence electrons. The maximum absolute atomic E-state index is 5.80. The first-order valence-corrected chi connectivity index (χ1v) is 6.23. The molecule has 2 aromatic rings. The predicted octanol–water partition coefficient (Wildman–Crippen LogP) is 1.38. The Morgan fingerprint density at radius 3 is 2.84 bits per heavy atom. The Labute approximate surface area is 112 Å². The minimum Gasteiger partial charge on any atom is -0.485 e. The second-order valence-electron chi connectivity index (χ2n) is 4.54. The summed E-state index contributed by atoms with van der Waals surface area (Å²) in [6.45, 7) is 4.49. The molecular formula is C13H19N5O. The van der Waals surface area contributed by atoms with Gasteiger partial charge in [-0.25, -0.2) is 0 Å². The fraction of sp³-hybridized carbons (Fsp3) is 0.462. The van der Waals surface area contributed by atoms with E-state index in [1.54, 1.807) is 7.05 Å². The number of nitrogens with zero attached hydrogens (tertiary/aromatic N) is 4. The van der Waals surface area contributed by atoms with Crippen LogP contribution < -0.4 is 10.1 Å². The van der Waals surface area contributed by atoms with E-state index in [9.17, 15) is 0 Å². The molecule has 1 unspecified atom stereocenters. The quantitative estimate of drug-likeness (QED) is 0.880. The summed E-state index contributed by atoms with van der Waals surface area (Å²) in [5, 5.41) is 15.0. The van der Waals surface area contributed by atoms with Gasteiger partial charge in [-0.05, 0) is 32.2 Å². The molecule has 1 atom stereocenters. The molecule has 19 heavy (non-hydrogen) atoms. The van der Waals surface area contributed by atoms with Gasteiger partial charge in [0, 0.05) is 11.6 Å². The number of ether oxygens (including phenoxy) is 1. The molecule has 0 saturated carbocycles. The van der Waals surface area contributed by atoms with Gasteiger partial charge in [-0.2, -0.15) is 4.80 Å². The largest absolute Gasteiger partial charge is 0.485 e. The Morgan fingerprint density at radius 2 is 2.21 bits per heavy atom. The van der Waals surface area contributed by atoms with Crippen LogP contribution in [0.3, 0.4) is 0 Å². The monoisotopic (exact) mass is 261 g/mol. The second kappa shape index (κ2) is 5.79. The Bertz CT molecular complexity index is 552. The molecule has 1 heterocycles. The summed E-state index contributed by atoms with van der Waals surface area (Å²) in [5.74, 6) is 1.42. The van der Waals surface area contributed by atoms with Crippen LogP contribution in [0, 0.1) is 6.92 Å². The lowest BCUT2D eigenvalue weighted by Crippen LogP contribution is -2.14. The van der Waals surface area contributed by atoms with Crippen molar-refractivity contribution < 1.29 is 4.74 Å². The zero-order valence-corrected chi connectivity index (χ0v) is 11.7. The zero-order chi connectivity index (χ0) is 13.8. The zero-order valence-electron chi connectivity index (χ0n) is 11.7. The molecular weight excluding hydrogens is 242 g/mol. The first kappa shape index (κ1) is 13.5. The van der Waals surface area contributed by atoms with Crippen LogP contribution in [-0.2, 0) is 13.7 Å². The average Bonchev–Trinajstić information content (AvgIpc) is 2.82. The van der Waals surface area contributed by atoms with E-state index in [2.05, 4.69) is 40.6 Å². The molecule has 0 aliphatic carbocycles. The van der Waals surface area contributed by atoms with Crippen molar-refractivity contribution in [1.29, 1.82) is 0 Å². The van der Waals surface area contributed by atoms with Crippen LogP contribution in [0.2, 0.25) is 0 Å². The number of hydrogen-bond acceptors (Lipinski definition) is 5. The first-order valence-electron chi connectivity index (χ1n) is 6.23. The number of tetrazole rings is 1. The van der Waals surface area contributed by atoms with Crippen LogP contribution in [0.1, 0.15) is 29.9 Å². The molecule has 1 N–H and O–H groups in total. The highest BCUT2D eigenvalue weighted by atomic mass is 16.5. The van der Waals surface area contributed by atoms with E-state index in [1.165, 1.54) is 10.4 Å². The number of aromatic nitrogens is 4. The molecule has 0 spiro atoms. The summed E-state index contributed by atoms with van der Waals surface area (Å²) in [4.78, 5) is 1.42. The number of hydrogen-bond donors (Lipinski definition) is 1. The predicted molar refractivity (Wildman–Crippen MR) is 71.8 cm³/mol. The van der Waals surface area contributed by atoms with Gasteiger partial charge < -0.3 is 10.1 Å². The molecule has 6 heteroatoms. The number of rotatable bonds is 5. The molecule has 0 fully saturated rings. The van der Waals surface area contributed by atoms with Crippen LogP contribution in [0.15, 0.2) is 18.2 Å². The van der Waals surface area contributed by atoms with E-state index >= 15 is 0 Å². The van der Waals surface area contributed by atoms with Gasteiger partial charge in [0.25, 0.3) is 0 Å². The van der Waals surface area contributed by atoms with Crippen LogP contribution in [0.4, 0.5) is 0 Å². The van der Waals surface area contributed by atoms with Crippen molar-refractivity contribution >= 4 is 0 Å². The third kappa shape index (κ3) is 3.29. The Hall–Kier alpha value is -1.95. The molecule has 0 radical (unpaired) electrons. The summed E-state index contributed by atoms with van der Waals surface area (Å²) in [5.41, 5.74) is 2.34. The van der Waals surface area contributed by atoms with E-state index in [4.69, 9.17) is 4.74 Å². The lowest BCUT2D eigenvalue weighted by molar-refractivity contribution is 0.289. The summed E-state index contributed by atoms with van der Waals surface area (Å²) < 4.78 is 5.80. The van der Waals surface area contributed by atoms with Gasteiger partial charge in [0.2, 0.25) is 5.82 Å². The third-order valence-electron chi connectivity index (χ3n) is 2.97. The van der Waals surface area contributed by atoms with E-state index < -0.39 is 0 Å². The van der Waals surface area contributed by atoms with Gasteiger partial charge in [0.1, 0.15) is 5.75 Å². The smallest absolute Gasteiger partial charge is 0.212 e. The maximum Gasteiger partial charge on any atom is 0.212 e. The van der Waals surface area contributed by atoms with Crippen LogP contribution in [-0.4, -0.2) is 27.3 Å². The second-order valence-corrected chi connectivity index (χ2v) is 4.54. The summed E-state index contributed by atoms with van der Waals surface area (Å²) in [6, 6.07) is 6.37. The summed E-state index contributed by atoms with van der Waals surface area (Å²) in [7, 11) is 3.66. The molecule has 1 aromatic heterocycles. The molecule has 0 saturated heterocycles. The van der Waals surface area contributed by atoms with Gasteiger partial charge in [-0.1, -0.05) is 17.7 Å². The minimum absolute atomic E-state index is 0.227. The molecule has 0 aliphatic rings. The van der Waals surface area contributed by atoms with Crippen LogP contribution in [0.5, 0.6) is 5.75 Å². The van der Waals surface area contributed by atoms with Crippen molar-refractivity contribution in [3.8, 4) is 5.75 Å². The van der Waals surface area contributed by atoms with E-state index in [-0.39, 0.29) is 6.04 Å². The van der Waals surface area contributed by atoms with Crippen molar-refractivity contribution in [3.63, 3.8) is 0 Å². The molecule has 0 bridgehead atoms. The van der Waals surface area contributed by atoms with E-state index in [1.807, 2.05) is 19.2 Å². The Kier molecular flexibility index (Phi) is 4.11. The molecule has 0 aliphatic heterocycles. The average molecular weight is 261 g/mol. The fourth-order valence-corrected chi connectivity index (χ4v) is 1.82. The van der Waals surface area contributed by atoms with Gasteiger partial charge >= 0.3 is 0 Å². The molecule has 2 rings (SSSR count). The maximum atomic E-state index is 5.80. The fourth-order valence-electron chi connectivity index (χ4n) is 1.82. The SMILES string of the molecule is CNC(C)c1cc(C)ccc1OCc1nnn(C)n1. The van der Waals surface area contributed by atoms with Gasteiger partial charge in [-0.15, -0.1) is 10.2 Å².